The molecule has 0 saturated heterocycles. The van der Waals surface area contributed by atoms with Crippen molar-refractivity contribution in [2.24, 2.45) is 4.99 Å². The van der Waals surface area contributed by atoms with E-state index in [9.17, 15) is 13.2 Å². The van der Waals surface area contributed by atoms with Crippen molar-refractivity contribution in [3.63, 3.8) is 0 Å². The minimum Gasteiger partial charge on any atom is -0.383 e. The molecule has 0 radical (unpaired) electrons. The molecule has 0 N–H and O–H groups in total. The zero-order valence-electron chi connectivity index (χ0n) is 16.0. The minimum absolute atomic E-state index is 0.119. The third-order valence-electron chi connectivity index (χ3n) is 4.45. The second-order valence-electron chi connectivity index (χ2n) is 6.51. The van der Waals surface area contributed by atoms with Crippen molar-refractivity contribution < 1.29 is 17.9 Å². The predicted octanol–water partition coefficient (Wildman–Crippen LogP) is 2.87. The Labute approximate surface area is 168 Å². The van der Waals surface area contributed by atoms with E-state index in [0.29, 0.717) is 18.0 Å². The van der Waals surface area contributed by atoms with Crippen LogP contribution < -0.4 is 4.80 Å². The Kier molecular flexibility index (Phi) is 6.12. The summed E-state index contributed by atoms with van der Waals surface area (Å²) in [5.74, 6) is -1.34. The van der Waals surface area contributed by atoms with Crippen LogP contribution in [-0.4, -0.2) is 38.4 Å². The van der Waals surface area contributed by atoms with Crippen molar-refractivity contribution in [2.45, 2.75) is 25.3 Å². The topological polar surface area (TPSA) is 77.7 Å². The summed E-state index contributed by atoms with van der Waals surface area (Å²) in [6.07, 6.45) is 0. The molecule has 0 aliphatic heterocycles. The van der Waals surface area contributed by atoms with E-state index in [2.05, 4.69) is 17.1 Å². The molecule has 1 aromatic heterocycles. The molecule has 0 unspecified atom stereocenters. The van der Waals surface area contributed by atoms with E-state index in [4.69, 9.17) is 4.74 Å². The molecular weight excluding hydrogens is 396 g/mol. The first-order valence-corrected chi connectivity index (χ1v) is 11.2. The van der Waals surface area contributed by atoms with Crippen molar-refractivity contribution in [1.29, 1.82) is 0 Å². The van der Waals surface area contributed by atoms with E-state index in [1.54, 1.807) is 25.3 Å². The number of sulfone groups is 1. The van der Waals surface area contributed by atoms with Crippen LogP contribution in [0.5, 0.6) is 0 Å². The monoisotopic (exact) mass is 418 g/mol. The number of nitrogens with zero attached hydrogens (tertiary/aromatic N) is 2. The summed E-state index contributed by atoms with van der Waals surface area (Å²) < 4.78 is 33.0. The zero-order chi connectivity index (χ0) is 20.3. The van der Waals surface area contributed by atoms with Gasteiger partial charge >= 0.3 is 0 Å². The number of fused-ring (bicyclic) bond motifs is 1. The lowest BCUT2D eigenvalue weighted by atomic mass is 10.1. The van der Waals surface area contributed by atoms with E-state index in [1.165, 1.54) is 23.5 Å². The van der Waals surface area contributed by atoms with E-state index in [1.807, 2.05) is 18.4 Å². The number of aryl methyl sites for hydroxylation is 2. The molecule has 6 nitrogen and oxygen atoms in total. The van der Waals surface area contributed by atoms with Crippen molar-refractivity contribution in [1.82, 2.24) is 4.57 Å². The molecule has 0 atom stereocenters. The summed E-state index contributed by atoms with van der Waals surface area (Å²) in [4.78, 5) is 17.2. The van der Waals surface area contributed by atoms with Crippen LogP contribution in [0.1, 0.15) is 11.1 Å². The van der Waals surface area contributed by atoms with Gasteiger partial charge in [0.25, 0.3) is 5.91 Å². The Bertz CT molecular complexity index is 1180. The highest BCUT2D eigenvalue weighted by Gasteiger charge is 2.19. The number of aromatic nitrogens is 1. The van der Waals surface area contributed by atoms with Gasteiger partial charge in [-0.1, -0.05) is 29.5 Å². The van der Waals surface area contributed by atoms with Gasteiger partial charge in [0.15, 0.2) is 14.6 Å². The van der Waals surface area contributed by atoms with E-state index >= 15 is 0 Å². The lowest BCUT2D eigenvalue weighted by molar-refractivity contribution is -0.115. The first-order valence-electron chi connectivity index (χ1n) is 8.77. The largest absolute Gasteiger partial charge is 0.383 e. The number of rotatable bonds is 6. The number of hydrogen-bond acceptors (Lipinski definition) is 5. The van der Waals surface area contributed by atoms with E-state index in [0.717, 1.165) is 21.3 Å². The van der Waals surface area contributed by atoms with Crippen LogP contribution in [0, 0.1) is 13.8 Å². The van der Waals surface area contributed by atoms with Crippen molar-refractivity contribution >= 4 is 37.3 Å². The molecule has 8 heteroatoms. The van der Waals surface area contributed by atoms with Gasteiger partial charge in [-0.3, -0.25) is 4.79 Å². The van der Waals surface area contributed by atoms with Crippen LogP contribution in [0.25, 0.3) is 10.2 Å². The molecule has 0 aliphatic carbocycles. The number of amides is 1. The molecule has 3 rings (SSSR count). The molecule has 0 aliphatic rings. The van der Waals surface area contributed by atoms with Crippen LogP contribution in [0.2, 0.25) is 0 Å². The van der Waals surface area contributed by atoms with Crippen LogP contribution in [0.15, 0.2) is 52.4 Å². The minimum atomic E-state index is -3.73. The van der Waals surface area contributed by atoms with Gasteiger partial charge < -0.3 is 9.30 Å². The Morgan fingerprint density at radius 1 is 1.14 bits per heavy atom. The standard InChI is InChI=1S/C20H22N2O4S2/c1-14-11-17-18(12-15(14)2)27-20(22(17)9-10-26-3)21-19(23)13-28(24,25)16-7-5-4-6-8-16/h4-8,11-12H,9-10,13H2,1-3H3. The van der Waals surface area contributed by atoms with Crippen molar-refractivity contribution in [2.75, 3.05) is 19.5 Å². The Hall–Kier alpha value is -2.29. The average molecular weight is 419 g/mol. The molecule has 0 spiro atoms. The summed E-state index contributed by atoms with van der Waals surface area (Å²) in [5.41, 5.74) is 3.25. The third-order valence-corrected chi connectivity index (χ3v) is 7.11. The van der Waals surface area contributed by atoms with Crippen molar-refractivity contribution in [3.8, 4) is 0 Å². The summed E-state index contributed by atoms with van der Waals surface area (Å²) in [7, 11) is -2.12. The quantitative estimate of drug-likeness (QED) is 0.617. The Morgan fingerprint density at radius 2 is 1.82 bits per heavy atom. The highest BCUT2D eigenvalue weighted by molar-refractivity contribution is 7.92. The number of thiazole rings is 1. The van der Waals surface area contributed by atoms with Gasteiger partial charge in [-0.25, -0.2) is 8.42 Å². The fourth-order valence-corrected chi connectivity index (χ4v) is 5.10. The average Bonchev–Trinajstić information content (AvgIpc) is 2.96. The number of carbonyl (C=O) groups is 1. The van der Waals surface area contributed by atoms with E-state index in [-0.39, 0.29) is 4.90 Å². The second-order valence-corrected chi connectivity index (χ2v) is 9.51. The van der Waals surface area contributed by atoms with Gasteiger partial charge in [-0.2, -0.15) is 4.99 Å². The lowest BCUT2D eigenvalue weighted by Crippen LogP contribution is -2.22. The maximum atomic E-state index is 12.5. The highest BCUT2D eigenvalue weighted by atomic mass is 32.2. The Morgan fingerprint density at radius 3 is 2.50 bits per heavy atom. The Balaban J connectivity index is 2.01. The summed E-state index contributed by atoms with van der Waals surface area (Å²) in [5, 5.41) is 0. The number of carbonyl (C=O) groups excluding carboxylic acids is 1. The maximum absolute atomic E-state index is 12.5. The van der Waals surface area contributed by atoms with Gasteiger partial charge in [0.2, 0.25) is 0 Å². The molecule has 3 aromatic rings. The van der Waals surface area contributed by atoms with Crippen LogP contribution in [-0.2, 0) is 25.9 Å². The number of hydrogen-bond donors (Lipinski definition) is 0. The van der Waals surface area contributed by atoms with Gasteiger partial charge in [0, 0.05) is 13.7 Å². The molecule has 1 heterocycles. The molecule has 2 aromatic carbocycles. The first-order chi connectivity index (χ1) is 13.3. The lowest BCUT2D eigenvalue weighted by Gasteiger charge is -2.06. The number of benzene rings is 2. The zero-order valence-corrected chi connectivity index (χ0v) is 17.6. The molecule has 1 amide bonds. The van der Waals surface area contributed by atoms with Crippen molar-refractivity contribution in [3.05, 3.63) is 58.4 Å². The molecular formula is C20H22N2O4S2. The second kappa shape index (κ2) is 8.38. The molecule has 0 fully saturated rings. The summed E-state index contributed by atoms with van der Waals surface area (Å²) in [6, 6.07) is 12.1. The van der Waals surface area contributed by atoms with E-state index < -0.39 is 21.5 Å². The van der Waals surface area contributed by atoms with Crippen LogP contribution >= 0.6 is 11.3 Å². The fourth-order valence-electron chi connectivity index (χ4n) is 2.82. The first kappa shape index (κ1) is 20.4. The number of ether oxygens (including phenoxy) is 1. The molecule has 0 saturated carbocycles. The number of methoxy groups -OCH3 is 1. The molecule has 28 heavy (non-hydrogen) atoms. The van der Waals surface area contributed by atoms with Crippen LogP contribution in [0.4, 0.5) is 0 Å². The van der Waals surface area contributed by atoms with Crippen LogP contribution in [0.3, 0.4) is 0 Å². The highest BCUT2D eigenvalue weighted by Crippen LogP contribution is 2.22. The fraction of sp³-hybridized carbons (Fsp3) is 0.300. The SMILES string of the molecule is COCCn1c(=NC(=O)CS(=O)(=O)c2ccccc2)sc2cc(C)c(C)cc21. The summed E-state index contributed by atoms with van der Waals surface area (Å²) in [6.45, 7) is 5.04. The normalized spacial score (nSPS) is 12.6. The summed E-state index contributed by atoms with van der Waals surface area (Å²) >= 11 is 1.37. The third kappa shape index (κ3) is 4.40. The van der Waals surface area contributed by atoms with Gasteiger partial charge in [0.1, 0.15) is 5.75 Å². The smallest absolute Gasteiger partial charge is 0.263 e. The maximum Gasteiger partial charge on any atom is 0.263 e. The molecule has 148 valence electrons. The van der Waals surface area contributed by atoms with Gasteiger partial charge in [-0.05, 0) is 49.2 Å². The molecule has 0 bridgehead atoms. The van der Waals surface area contributed by atoms with Gasteiger partial charge in [0.05, 0.1) is 21.7 Å². The van der Waals surface area contributed by atoms with Gasteiger partial charge in [-0.15, -0.1) is 0 Å². The predicted molar refractivity (Wildman–Crippen MR) is 110 cm³/mol.